The molecule has 0 saturated heterocycles. The van der Waals surface area contributed by atoms with Gasteiger partial charge >= 0.3 is 23.9 Å². The third-order valence-corrected chi connectivity index (χ3v) is 3.61. The molecule has 0 rings (SSSR count). The molecule has 0 aliphatic rings. The molecule has 0 bridgehead atoms. The molecular weight excluding hydrogens is 473 g/mol. The van der Waals surface area contributed by atoms with Gasteiger partial charge in [0.05, 0.1) is 6.61 Å². The maximum Gasteiger partial charge on any atom is 0.303 e. The van der Waals surface area contributed by atoms with Gasteiger partial charge in [0.1, 0.15) is 6.10 Å². The van der Waals surface area contributed by atoms with Crippen LogP contribution < -0.4 is 0 Å². The smallest absolute Gasteiger partial charge is 0.303 e. The van der Waals surface area contributed by atoms with E-state index in [4.69, 9.17) is 63.9 Å². The number of rotatable bonds is 10. The monoisotopic (exact) mass is 493 g/mol. The third kappa shape index (κ3) is 11.4. The van der Waals surface area contributed by atoms with E-state index in [1.165, 1.54) is 0 Å². The number of hydrogen-bond acceptors (Lipinski definition) is 11. The summed E-state index contributed by atoms with van der Waals surface area (Å²) in [6, 6.07) is 0. The highest BCUT2D eigenvalue weighted by molar-refractivity contribution is 6.76. The molecule has 0 aromatic heterocycles. The summed E-state index contributed by atoms with van der Waals surface area (Å²) in [4.78, 5) is 45.6. The van der Waals surface area contributed by atoms with Crippen LogP contribution in [0, 0.1) is 5.41 Å². The first-order chi connectivity index (χ1) is 13.6. The molecule has 0 fully saturated rings. The zero-order valence-electron chi connectivity index (χ0n) is 16.5. The number of alkyl halides is 3. The summed E-state index contributed by atoms with van der Waals surface area (Å²) in [5.41, 5.74) is 0. The van der Waals surface area contributed by atoms with Crippen LogP contribution in [0.2, 0.25) is 0 Å². The van der Waals surface area contributed by atoms with Crippen molar-refractivity contribution in [2.24, 2.45) is 0 Å². The van der Waals surface area contributed by atoms with Crippen LogP contribution in [0.15, 0.2) is 0 Å². The normalized spacial score (nSPS) is 15.1. The number of carbonyl (C=O) groups excluding carboxylic acids is 4. The number of nitrogens with one attached hydrogen (secondary N) is 1. The van der Waals surface area contributed by atoms with Crippen molar-refractivity contribution in [1.82, 2.24) is 0 Å². The average molecular weight is 495 g/mol. The summed E-state index contributed by atoms with van der Waals surface area (Å²) in [5.74, 6) is -4.31. The van der Waals surface area contributed by atoms with Crippen LogP contribution in [-0.2, 0) is 42.9 Å². The highest BCUT2D eigenvalue weighted by Crippen LogP contribution is 2.29. The first kappa shape index (κ1) is 28.2. The second-order valence-corrected chi connectivity index (χ2v) is 8.04. The Hall–Kier alpha value is -1.82. The van der Waals surface area contributed by atoms with Crippen LogP contribution in [0.3, 0.4) is 0 Å². The molecule has 30 heavy (non-hydrogen) atoms. The van der Waals surface area contributed by atoms with Gasteiger partial charge in [-0.05, 0) is 0 Å². The molecule has 4 atom stereocenters. The maximum atomic E-state index is 11.6. The zero-order valence-corrected chi connectivity index (χ0v) is 18.7. The Kier molecular flexibility index (Phi) is 12.0. The molecule has 172 valence electrons. The minimum Gasteiger partial charge on any atom is -0.466 e. The summed E-state index contributed by atoms with van der Waals surface area (Å²) in [6.45, 7) is 3.91. The molecule has 11 nitrogen and oxygen atoms in total. The summed E-state index contributed by atoms with van der Waals surface area (Å²) in [6.07, 6.45) is -7.18. The number of aliphatic hydroxyl groups excluding tert-OH is 1. The topological polar surface area (TPSA) is 159 Å². The quantitative estimate of drug-likeness (QED) is 0.114. The largest absolute Gasteiger partial charge is 0.466 e. The molecule has 0 aromatic rings. The molecule has 2 N–H and O–H groups in total. The molecular formula is C16H22Cl3NO10. The van der Waals surface area contributed by atoms with Crippen LogP contribution in [-0.4, -0.2) is 69.9 Å². The predicted molar refractivity (Wildman–Crippen MR) is 103 cm³/mol. The van der Waals surface area contributed by atoms with Gasteiger partial charge in [-0.3, -0.25) is 24.6 Å². The van der Waals surface area contributed by atoms with E-state index < -0.39 is 58.2 Å². The highest BCUT2D eigenvalue weighted by Gasteiger charge is 2.44. The zero-order chi connectivity index (χ0) is 23.6. The van der Waals surface area contributed by atoms with Crippen molar-refractivity contribution in [3.05, 3.63) is 0 Å². The molecule has 14 heteroatoms. The Balaban J connectivity index is 5.92. The van der Waals surface area contributed by atoms with Crippen molar-refractivity contribution in [3.8, 4) is 0 Å². The van der Waals surface area contributed by atoms with E-state index in [1.807, 2.05) is 0 Å². The molecule has 0 amide bonds. The molecule has 0 spiro atoms. The van der Waals surface area contributed by atoms with E-state index in [1.54, 1.807) is 0 Å². The molecule has 1 unspecified atom stereocenters. The van der Waals surface area contributed by atoms with Gasteiger partial charge in [-0.2, -0.15) is 0 Å². The van der Waals surface area contributed by atoms with E-state index in [2.05, 4.69) is 0 Å². The van der Waals surface area contributed by atoms with Gasteiger partial charge in [0.15, 0.2) is 6.10 Å². The minimum atomic E-state index is -2.36. The minimum absolute atomic E-state index is 0.205. The third-order valence-electron chi connectivity index (χ3n) is 3.10. The lowest BCUT2D eigenvalue weighted by Gasteiger charge is -2.34. The number of esters is 4. The number of hydrogen-bond donors (Lipinski definition) is 2. The van der Waals surface area contributed by atoms with Crippen LogP contribution in [0.25, 0.3) is 0 Å². The Morgan fingerprint density at radius 3 is 1.70 bits per heavy atom. The lowest BCUT2D eigenvalue weighted by atomic mass is 10.0. The molecule has 0 aliphatic carbocycles. The first-order valence-electron chi connectivity index (χ1n) is 8.30. The fourth-order valence-corrected chi connectivity index (χ4v) is 2.24. The van der Waals surface area contributed by atoms with Crippen molar-refractivity contribution < 1.29 is 48.0 Å². The van der Waals surface area contributed by atoms with Crippen molar-refractivity contribution in [1.29, 1.82) is 5.41 Å². The van der Waals surface area contributed by atoms with E-state index in [0.717, 1.165) is 27.7 Å². The lowest BCUT2D eigenvalue weighted by Crippen LogP contribution is -2.52. The number of carbonyl (C=O) groups is 4. The van der Waals surface area contributed by atoms with Crippen LogP contribution in [0.1, 0.15) is 34.1 Å². The van der Waals surface area contributed by atoms with Crippen LogP contribution in [0.4, 0.5) is 0 Å². The van der Waals surface area contributed by atoms with E-state index in [0.29, 0.717) is 0 Å². The second kappa shape index (κ2) is 12.8. The predicted octanol–water partition coefficient (Wildman–Crippen LogP) is 1.42. The van der Waals surface area contributed by atoms with Crippen LogP contribution in [0.5, 0.6) is 0 Å². The molecule has 0 aliphatic heterocycles. The highest BCUT2D eigenvalue weighted by atomic mass is 35.6. The summed E-state index contributed by atoms with van der Waals surface area (Å²) < 4.78 is 22.3. The summed E-state index contributed by atoms with van der Waals surface area (Å²) in [7, 11) is 0. The van der Waals surface area contributed by atoms with Crippen molar-refractivity contribution in [2.75, 3.05) is 6.61 Å². The van der Waals surface area contributed by atoms with Crippen molar-refractivity contribution in [2.45, 2.75) is 62.5 Å². The maximum absolute atomic E-state index is 11.6. The molecule has 0 radical (unpaired) electrons. The summed E-state index contributed by atoms with van der Waals surface area (Å²) >= 11 is 16.5. The van der Waals surface area contributed by atoms with Gasteiger partial charge in [0, 0.05) is 34.1 Å². The lowest BCUT2D eigenvalue weighted by molar-refractivity contribution is -0.214. The van der Waals surface area contributed by atoms with Crippen molar-refractivity contribution >= 4 is 64.6 Å². The Bertz CT molecular complexity index is 652. The Labute approximate surface area is 187 Å². The number of ether oxygens (including phenoxy) is 5. The van der Waals surface area contributed by atoms with Crippen LogP contribution >= 0.6 is 34.8 Å². The Morgan fingerprint density at radius 2 is 1.30 bits per heavy atom. The Morgan fingerprint density at radius 1 is 0.833 bits per heavy atom. The van der Waals surface area contributed by atoms with Gasteiger partial charge in [-0.1, -0.05) is 34.8 Å². The van der Waals surface area contributed by atoms with Gasteiger partial charge in [0.2, 0.25) is 18.3 Å². The fraction of sp³-hybridized carbons (Fsp3) is 0.688. The standard InChI is InChI=1S/C16H22Cl3NO10/c1-7(21)26-6-5-11(27-8(2)22)12(28-9(3)23)13(29-10(4)24)14(25)30-15(20)16(17,18)19/h11-14,20,25H,5-6H2,1-4H3/t11-,12?,13-,14-/m1/s1. The van der Waals surface area contributed by atoms with Crippen molar-refractivity contribution in [3.63, 3.8) is 0 Å². The molecule has 0 saturated carbocycles. The SMILES string of the molecule is CC(=O)OCC[C@@H](OC(C)=O)C(OC(C)=O)[C@@H](OC(C)=O)[C@H](O)OC(=N)C(Cl)(Cl)Cl. The van der Waals surface area contributed by atoms with Gasteiger partial charge in [-0.15, -0.1) is 0 Å². The van der Waals surface area contributed by atoms with Gasteiger partial charge in [0.25, 0.3) is 3.79 Å². The number of halogens is 3. The number of aliphatic hydroxyl groups is 1. The van der Waals surface area contributed by atoms with Gasteiger partial charge < -0.3 is 28.8 Å². The van der Waals surface area contributed by atoms with E-state index in [9.17, 15) is 24.3 Å². The fourth-order valence-electron chi connectivity index (χ4n) is 2.10. The summed E-state index contributed by atoms with van der Waals surface area (Å²) in [5, 5.41) is 17.9. The molecule has 0 aromatic carbocycles. The van der Waals surface area contributed by atoms with E-state index >= 15 is 0 Å². The first-order valence-corrected chi connectivity index (χ1v) is 9.44. The second-order valence-electron chi connectivity index (χ2n) is 5.76. The molecule has 0 heterocycles. The average Bonchev–Trinajstić information content (AvgIpc) is 2.54. The van der Waals surface area contributed by atoms with Gasteiger partial charge in [-0.25, -0.2) is 0 Å². The van der Waals surface area contributed by atoms with E-state index in [-0.39, 0.29) is 13.0 Å².